The predicted octanol–water partition coefficient (Wildman–Crippen LogP) is 5.13. The molecular weight excluding hydrogens is 365 g/mol. The van der Waals surface area contributed by atoms with Crippen molar-refractivity contribution < 1.29 is 4.79 Å². The van der Waals surface area contributed by atoms with E-state index >= 15 is 0 Å². The zero-order chi connectivity index (χ0) is 16.7. The van der Waals surface area contributed by atoms with Crippen LogP contribution in [0, 0.1) is 0 Å². The molecule has 1 atom stereocenters. The largest absolute Gasteiger partial charge is 0.272 e. The van der Waals surface area contributed by atoms with Gasteiger partial charge in [-0.25, -0.2) is 4.98 Å². The molecule has 24 heavy (non-hydrogen) atoms. The number of hydrogen-bond donors (Lipinski definition) is 0. The molecule has 120 valence electrons. The summed E-state index contributed by atoms with van der Waals surface area (Å²) >= 11 is 13.6. The first kappa shape index (κ1) is 15.7. The van der Waals surface area contributed by atoms with Gasteiger partial charge in [0.05, 0.1) is 10.0 Å². The fraction of sp³-hybridized carbons (Fsp3) is 0.118. The Kier molecular flexibility index (Phi) is 4.08. The van der Waals surface area contributed by atoms with Crippen molar-refractivity contribution >= 4 is 40.9 Å². The van der Waals surface area contributed by atoms with Crippen LogP contribution in [0.2, 0.25) is 10.0 Å². The Hall–Kier alpha value is -1.82. The summed E-state index contributed by atoms with van der Waals surface area (Å²) in [7, 11) is 0. The first-order valence-corrected chi connectivity index (χ1v) is 8.92. The summed E-state index contributed by atoms with van der Waals surface area (Å²) in [6.07, 6.45) is 0.340. The third kappa shape index (κ3) is 2.83. The number of benzene rings is 2. The second-order valence-corrected chi connectivity index (χ2v) is 7.36. The molecular formula is C17H11Cl2N3OS. The van der Waals surface area contributed by atoms with E-state index in [0.29, 0.717) is 27.4 Å². The van der Waals surface area contributed by atoms with Crippen LogP contribution in [0.3, 0.4) is 0 Å². The number of hydrogen-bond acceptors (Lipinski definition) is 4. The van der Waals surface area contributed by atoms with Gasteiger partial charge < -0.3 is 0 Å². The van der Waals surface area contributed by atoms with E-state index in [1.165, 1.54) is 16.4 Å². The molecule has 0 aliphatic carbocycles. The minimum absolute atomic E-state index is 0.0485. The van der Waals surface area contributed by atoms with E-state index < -0.39 is 0 Å². The molecule has 0 saturated carbocycles. The van der Waals surface area contributed by atoms with E-state index in [1.807, 2.05) is 36.4 Å². The first-order valence-electron chi connectivity index (χ1n) is 7.29. The van der Waals surface area contributed by atoms with Crippen molar-refractivity contribution in [1.82, 2.24) is 14.8 Å². The zero-order valence-electron chi connectivity index (χ0n) is 12.3. The summed E-state index contributed by atoms with van der Waals surface area (Å²) in [5.74, 6) is 0.482. The van der Waals surface area contributed by atoms with Gasteiger partial charge in [0.2, 0.25) is 0 Å². The van der Waals surface area contributed by atoms with Gasteiger partial charge in [0, 0.05) is 17.2 Å². The molecule has 4 rings (SSSR count). The Balaban J connectivity index is 1.68. The maximum atomic E-state index is 12.5. The zero-order valence-corrected chi connectivity index (χ0v) is 14.6. The fourth-order valence-electron chi connectivity index (χ4n) is 2.56. The van der Waals surface area contributed by atoms with Gasteiger partial charge in [-0.3, -0.25) is 4.79 Å². The van der Waals surface area contributed by atoms with E-state index in [1.54, 1.807) is 12.1 Å². The topological polar surface area (TPSA) is 47.8 Å². The molecule has 2 heterocycles. The lowest BCUT2D eigenvalue weighted by atomic mass is 10.1. The van der Waals surface area contributed by atoms with Crippen molar-refractivity contribution in [3.63, 3.8) is 0 Å². The Morgan fingerprint density at radius 1 is 1.08 bits per heavy atom. The molecule has 1 aliphatic rings. The van der Waals surface area contributed by atoms with Gasteiger partial charge in [-0.15, -0.1) is 5.10 Å². The average molecular weight is 376 g/mol. The first-order chi connectivity index (χ1) is 11.6. The van der Waals surface area contributed by atoms with E-state index in [-0.39, 0.29) is 11.2 Å². The monoisotopic (exact) mass is 375 g/mol. The van der Waals surface area contributed by atoms with Gasteiger partial charge in [0.1, 0.15) is 0 Å². The van der Waals surface area contributed by atoms with Gasteiger partial charge in [-0.05, 0) is 17.7 Å². The Morgan fingerprint density at radius 3 is 2.62 bits per heavy atom. The Morgan fingerprint density at radius 2 is 1.88 bits per heavy atom. The molecule has 2 aromatic carbocycles. The smallest absolute Gasteiger partial charge is 0.250 e. The molecule has 0 saturated heterocycles. The molecule has 4 nitrogen and oxygen atoms in total. The van der Waals surface area contributed by atoms with Crippen LogP contribution in [0.5, 0.6) is 0 Å². The van der Waals surface area contributed by atoms with Gasteiger partial charge in [-0.2, -0.15) is 4.68 Å². The van der Waals surface area contributed by atoms with Crippen molar-refractivity contribution in [1.29, 1.82) is 0 Å². The van der Waals surface area contributed by atoms with Crippen LogP contribution < -0.4 is 0 Å². The van der Waals surface area contributed by atoms with Crippen LogP contribution in [0.15, 0.2) is 53.7 Å². The predicted molar refractivity (Wildman–Crippen MR) is 95.8 cm³/mol. The molecule has 0 N–H and O–H groups in total. The number of carbonyl (C=O) groups excluding carboxylic acids is 1. The second kappa shape index (κ2) is 6.24. The standard InChI is InChI=1S/C17H11Cl2N3OS/c18-12-7-6-11(8-13(12)19)14-9-15(23)22-17(24-14)20-16(21-22)10-4-2-1-3-5-10/h1-8,14H,9H2/t14-/m0/s1. The minimum atomic E-state index is -0.0745. The van der Waals surface area contributed by atoms with Crippen molar-refractivity contribution in [3.8, 4) is 11.4 Å². The number of carbonyl (C=O) groups is 1. The van der Waals surface area contributed by atoms with Crippen LogP contribution >= 0.6 is 35.0 Å². The normalized spacial score (nSPS) is 16.9. The maximum Gasteiger partial charge on any atom is 0.250 e. The molecule has 0 spiro atoms. The number of nitrogens with zero attached hydrogens (tertiary/aromatic N) is 3. The maximum absolute atomic E-state index is 12.5. The fourth-order valence-corrected chi connectivity index (χ4v) is 4.01. The highest BCUT2D eigenvalue weighted by molar-refractivity contribution is 7.99. The molecule has 1 aromatic heterocycles. The van der Waals surface area contributed by atoms with E-state index in [9.17, 15) is 4.79 Å². The van der Waals surface area contributed by atoms with Gasteiger partial charge in [0.25, 0.3) is 5.91 Å². The van der Waals surface area contributed by atoms with Crippen molar-refractivity contribution in [2.24, 2.45) is 0 Å². The van der Waals surface area contributed by atoms with Gasteiger partial charge >= 0.3 is 0 Å². The molecule has 3 aromatic rings. The van der Waals surface area contributed by atoms with Crippen LogP contribution in [0.1, 0.15) is 22.0 Å². The molecule has 1 aliphatic heterocycles. The summed E-state index contributed by atoms with van der Waals surface area (Å²) in [6, 6.07) is 15.1. The lowest BCUT2D eigenvalue weighted by Gasteiger charge is -2.20. The summed E-state index contributed by atoms with van der Waals surface area (Å²) in [5.41, 5.74) is 1.84. The summed E-state index contributed by atoms with van der Waals surface area (Å²) in [6.45, 7) is 0. The molecule has 0 fully saturated rings. The average Bonchev–Trinajstić information content (AvgIpc) is 3.03. The molecule has 7 heteroatoms. The van der Waals surface area contributed by atoms with Crippen molar-refractivity contribution in [2.75, 3.05) is 0 Å². The van der Waals surface area contributed by atoms with Crippen LogP contribution in [0.25, 0.3) is 11.4 Å². The minimum Gasteiger partial charge on any atom is -0.272 e. The second-order valence-electron chi connectivity index (χ2n) is 5.37. The highest BCUT2D eigenvalue weighted by atomic mass is 35.5. The Bertz CT molecular complexity index is 927. The highest BCUT2D eigenvalue weighted by Gasteiger charge is 2.30. The van der Waals surface area contributed by atoms with E-state index in [0.717, 1.165) is 11.1 Å². The third-order valence-electron chi connectivity index (χ3n) is 3.77. The third-order valence-corrected chi connectivity index (χ3v) is 5.71. The highest BCUT2D eigenvalue weighted by Crippen LogP contribution is 2.42. The van der Waals surface area contributed by atoms with Crippen molar-refractivity contribution in [2.45, 2.75) is 16.8 Å². The SMILES string of the molecule is O=C1C[C@@H](c2ccc(Cl)c(Cl)c2)Sc2nc(-c3ccccc3)nn21. The van der Waals surface area contributed by atoms with Gasteiger partial charge in [-0.1, -0.05) is 71.4 Å². The number of rotatable bonds is 2. The van der Waals surface area contributed by atoms with Crippen molar-refractivity contribution in [3.05, 3.63) is 64.1 Å². The number of thioether (sulfide) groups is 1. The van der Waals surface area contributed by atoms with Gasteiger partial charge in [0.15, 0.2) is 11.0 Å². The molecule has 0 unspecified atom stereocenters. The summed E-state index contributed by atoms with van der Waals surface area (Å²) < 4.78 is 1.39. The van der Waals surface area contributed by atoms with E-state index in [4.69, 9.17) is 23.2 Å². The van der Waals surface area contributed by atoms with Crippen LogP contribution in [-0.2, 0) is 0 Å². The van der Waals surface area contributed by atoms with Crippen LogP contribution in [-0.4, -0.2) is 20.7 Å². The number of halogens is 2. The quantitative estimate of drug-likeness (QED) is 0.622. The number of fused-ring (bicyclic) bond motifs is 1. The number of aromatic nitrogens is 3. The van der Waals surface area contributed by atoms with E-state index in [2.05, 4.69) is 10.1 Å². The van der Waals surface area contributed by atoms with Crippen LogP contribution in [0.4, 0.5) is 0 Å². The summed E-state index contributed by atoms with van der Waals surface area (Å²) in [4.78, 5) is 17.0. The lowest BCUT2D eigenvalue weighted by molar-refractivity contribution is 0.0868. The molecule has 0 bridgehead atoms. The molecule has 0 radical (unpaired) electrons. The Labute approximate surface area is 152 Å². The lowest BCUT2D eigenvalue weighted by Crippen LogP contribution is -2.20. The summed E-state index contributed by atoms with van der Waals surface area (Å²) in [5, 5.41) is 5.89. The molecule has 0 amide bonds.